The molecule has 0 saturated heterocycles. The van der Waals surface area contributed by atoms with Gasteiger partial charge in [-0.3, -0.25) is 4.79 Å². The predicted molar refractivity (Wildman–Crippen MR) is 70.8 cm³/mol. The van der Waals surface area contributed by atoms with Crippen LogP contribution in [-0.4, -0.2) is 52.9 Å². The van der Waals surface area contributed by atoms with Crippen LogP contribution >= 0.6 is 0 Å². The number of carboxylic acid groups (broad SMARTS) is 1. The molecule has 19 heavy (non-hydrogen) atoms. The maximum Gasteiger partial charge on any atom is 0.317 e. The number of nitrogens with zero attached hydrogens (tertiary/aromatic N) is 1. The van der Waals surface area contributed by atoms with Gasteiger partial charge in [0, 0.05) is 13.6 Å². The van der Waals surface area contributed by atoms with Crippen LogP contribution in [0.2, 0.25) is 0 Å². The summed E-state index contributed by atoms with van der Waals surface area (Å²) in [6.45, 7) is 1.90. The fraction of sp³-hybridized carbons (Fsp3) is 0.846. The van der Waals surface area contributed by atoms with Gasteiger partial charge in [0.15, 0.2) is 0 Å². The Labute approximate surface area is 113 Å². The molecule has 1 fully saturated rings. The molecule has 0 aromatic rings. The number of aliphatic hydroxyl groups excluding tert-OH is 1. The third kappa shape index (κ3) is 4.38. The number of aliphatic carboxylic acids is 1. The van der Waals surface area contributed by atoms with E-state index in [4.69, 9.17) is 5.11 Å². The van der Waals surface area contributed by atoms with Gasteiger partial charge in [-0.2, -0.15) is 0 Å². The molecule has 6 heteroatoms. The highest BCUT2D eigenvalue weighted by molar-refractivity contribution is 5.76. The van der Waals surface area contributed by atoms with Gasteiger partial charge in [0.1, 0.15) is 0 Å². The first-order chi connectivity index (χ1) is 8.97. The molecule has 2 amide bonds. The van der Waals surface area contributed by atoms with Crippen LogP contribution in [0.15, 0.2) is 0 Å². The number of urea groups is 1. The Kier molecular flexibility index (Phi) is 6.08. The molecule has 1 aliphatic carbocycles. The SMILES string of the molecule is CCC(CNC(=O)N(C)C1CCCCC1O)C(=O)O. The van der Waals surface area contributed by atoms with E-state index in [0.29, 0.717) is 6.42 Å². The molecule has 3 N–H and O–H groups in total. The van der Waals surface area contributed by atoms with E-state index >= 15 is 0 Å². The zero-order valence-corrected chi connectivity index (χ0v) is 11.6. The number of rotatable bonds is 5. The van der Waals surface area contributed by atoms with Crippen molar-refractivity contribution in [2.24, 2.45) is 5.92 Å². The van der Waals surface area contributed by atoms with Crippen molar-refractivity contribution in [3.05, 3.63) is 0 Å². The van der Waals surface area contributed by atoms with Gasteiger partial charge in [-0.15, -0.1) is 0 Å². The quantitative estimate of drug-likeness (QED) is 0.697. The van der Waals surface area contributed by atoms with Crippen molar-refractivity contribution < 1.29 is 19.8 Å². The standard InChI is InChI=1S/C13H24N2O4/c1-3-9(12(17)18)8-14-13(19)15(2)10-6-4-5-7-11(10)16/h9-11,16H,3-8H2,1-2H3,(H,14,19)(H,17,18). The van der Waals surface area contributed by atoms with Gasteiger partial charge in [-0.25, -0.2) is 4.79 Å². The predicted octanol–water partition coefficient (Wildman–Crippen LogP) is 1.04. The molecular formula is C13H24N2O4. The first-order valence-electron chi connectivity index (χ1n) is 6.88. The Hall–Kier alpha value is -1.30. The molecule has 1 saturated carbocycles. The Morgan fingerprint density at radius 3 is 2.53 bits per heavy atom. The Balaban J connectivity index is 2.45. The second-order valence-electron chi connectivity index (χ2n) is 5.16. The molecule has 0 bridgehead atoms. The summed E-state index contributed by atoms with van der Waals surface area (Å²) in [7, 11) is 1.65. The molecule has 1 rings (SSSR count). The van der Waals surface area contributed by atoms with Gasteiger partial charge in [0.25, 0.3) is 0 Å². The maximum absolute atomic E-state index is 11.9. The zero-order chi connectivity index (χ0) is 14.4. The Bertz CT molecular complexity index is 322. The molecular weight excluding hydrogens is 248 g/mol. The van der Waals surface area contributed by atoms with Crippen molar-refractivity contribution in [1.29, 1.82) is 0 Å². The summed E-state index contributed by atoms with van der Waals surface area (Å²) in [4.78, 5) is 24.3. The van der Waals surface area contributed by atoms with Gasteiger partial charge in [-0.1, -0.05) is 19.8 Å². The van der Waals surface area contributed by atoms with Crippen molar-refractivity contribution in [3.8, 4) is 0 Å². The van der Waals surface area contributed by atoms with Crippen LogP contribution in [0.3, 0.4) is 0 Å². The fourth-order valence-electron chi connectivity index (χ4n) is 2.44. The van der Waals surface area contributed by atoms with Crippen molar-refractivity contribution in [3.63, 3.8) is 0 Å². The first kappa shape index (κ1) is 15.8. The summed E-state index contributed by atoms with van der Waals surface area (Å²) in [6, 6.07) is -0.482. The van der Waals surface area contributed by atoms with Crippen LogP contribution in [0, 0.1) is 5.92 Å². The maximum atomic E-state index is 11.9. The van der Waals surface area contributed by atoms with Crippen molar-refractivity contribution in [2.75, 3.05) is 13.6 Å². The lowest BCUT2D eigenvalue weighted by Crippen LogP contribution is -2.51. The van der Waals surface area contributed by atoms with Gasteiger partial charge >= 0.3 is 12.0 Å². The summed E-state index contributed by atoms with van der Waals surface area (Å²) < 4.78 is 0. The zero-order valence-electron chi connectivity index (χ0n) is 11.6. The minimum Gasteiger partial charge on any atom is -0.481 e. The van der Waals surface area contributed by atoms with E-state index in [-0.39, 0.29) is 18.6 Å². The van der Waals surface area contributed by atoms with Crippen LogP contribution in [0.4, 0.5) is 4.79 Å². The molecule has 1 aliphatic rings. The van der Waals surface area contributed by atoms with Crippen LogP contribution in [0.1, 0.15) is 39.0 Å². The summed E-state index contributed by atoms with van der Waals surface area (Å²) >= 11 is 0. The van der Waals surface area contributed by atoms with Gasteiger partial charge in [0.05, 0.1) is 18.1 Å². The van der Waals surface area contributed by atoms with Crippen LogP contribution < -0.4 is 5.32 Å². The highest BCUT2D eigenvalue weighted by Gasteiger charge is 2.29. The normalized spacial score (nSPS) is 24.6. The topological polar surface area (TPSA) is 89.9 Å². The molecule has 0 aromatic heterocycles. The number of carbonyl (C=O) groups is 2. The average Bonchev–Trinajstić information content (AvgIpc) is 2.38. The summed E-state index contributed by atoms with van der Waals surface area (Å²) in [6.07, 6.45) is 3.50. The summed E-state index contributed by atoms with van der Waals surface area (Å²) in [5.41, 5.74) is 0. The van der Waals surface area contributed by atoms with Gasteiger partial charge in [0.2, 0.25) is 0 Å². The second-order valence-corrected chi connectivity index (χ2v) is 5.16. The van der Waals surface area contributed by atoms with E-state index in [9.17, 15) is 14.7 Å². The molecule has 0 aromatic carbocycles. The van der Waals surface area contributed by atoms with E-state index in [0.717, 1.165) is 25.7 Å². The largest absolute Gasteiger partial charge is 0.481 e. The molecule has 110 valence electrons. The highest BCUT2D eigenvalue weighted by atomic mass is 16.4. The minimum atomic E-state index is -0.900. The number of hydrogen-bond donors (Lipinski definition) is 3. The Morgan fingerprint density at radius 2 is 2.00 bits per heavy atom. The molecule has 0 aliphatic heterocycles. The molecule has 0 heterocycles. The molecule has 0 radical (unpaired) electrons. The van der Waals surface area contributed by atoms with E-state index in [1.54, 1.807) is 14.0 Å². The number of hydrogen-bond acceptors (Lipinski definition) is 3. The van der Waals surface area contributed by atoms with Gasteiger partial charge < -0.3 is 20.4 Å². The van der Waals surface area contributed by atoms with E-state index in [1.165, 1.54) is 4.90 Å². The lowest BCUT2D eigenvalue weighted by atomic mass is 9.92. The molecule has 6 nitrogen and oxygen atoms in total. The van der Waals surface area contributed by atoms with Crippen LogP contribution in [-0.2, 0) is 4.79 Å². The van der Waals surface area contributed by atoms with E-state index in [1.807, 2.05) is 0 Å². The summed E-state index contributed by atoms with van der Waals surface area (Å²) in [5, 5.41) is 21.4. The first-order valence-corrected chi connectivity index (χ1v) is 6.88. The van der Waals surface area contributed by atoms with Crippen molar-refractivity contribution in [1.82, 2.24) is 10.2 Å². The van der Waals surface area contributed by atoms with E-state index in [2.05, 4.69) is 5.32 Å². The Morgan fingerprint density at radius 1 is 1.37 bits per heavy atom. The number of likely N-dealkylation sites (N-methyl/N-ethyl adjacent to an activating group) is 1. The number of aliphatic hydroxyl groups is 1. The number of carbonyl (C=O) groups excluding carboxylic acids is 1. The van der Waals surface area contributed by atoms with Crippen molar-refractivity contribution >= 4 is 12.0 Å². The average molecular weight is 272 g/mol. The van der Waals surface area contributed by atoms with Gasteiger partial charge in [-0.05, 0) is 19.3 Å². The smallest absolute Gasteiger partial charge is 0.317 e. The third-order valence-corrected chi connectivity index (χ3v) is 3.85. The third-order valence-electron chi connectivity index (χ3n) is 3.85. The van der Waals surface area contributed by atoms with Crippen molar-refractivity contribution in [2.45, 2.75) is 51.2 Å². The lowest BCUT2D eigenvalue weighted by molar-refractivity contribution is -0.141. The van der Waals surface area contributed by atoms with Crippen LogP contribution in [0.25, 0.3) is 0 Å². The molecule has 3 atom stereocenters. The minimum absolute atomic E-state index is 0.123. The van der Waals surface area contributed by atoms with E-state index < -0.39 is 18.0 Å². The van der Waals surface area contributed by atoms with Crippen LogP contribution in [0.5, 0.6) is 0 Å². The summed E-state index contributed by atoms with van der Waals surface area (Å²) in [5.74, 6) is -1.46. The molecule has 0 spiro atoms. The molecule has 3 unspecified atom stereocenters. The lowest BCUT2D eigenvalue weighted by Gasteiger charge is -2.35. The number of carboxylic acids is 1. The second kappa shape index (κ2) is 7.33. The monoisotopic (exact) mass is 272 g/mol. The highest BCUT2D eigenvalue weighted by Crippen LogP contribution is 2.22. The fourth-order valence-corrected chi connectivity index (χ4v) is 2.44. The number of nitrogens with one attached hydrogen (secondary N) is 1. The number of amides is 2.